The minimum atomic E-state index is -1.24. The Morgan fingerprint density at radius 3 is 2.67 bits per heavy atom. The molecule has 0 saturated heterocycles. The lowest BCUT2D eigenvalue weighted by Crippen LogP contribution is -2.51. The fraction of sp³-hybridized carbons (Fsp3) is 0.217. The summed E-state index contributed by atoms with van der Waals surface area (Å²) < 4.78 is 30.8. The van der Waals surface area contributed by atoms with Gasteiger partial charge in [-0.05, 0) is 23.8 Å². The quantitative estimate of drug-likeness (QED) is 0.611. The van der Waals surface area contributed by atoms with E-state index in [4.69, 9.17) is 0 Å². The molecule has 3 aromatic rings. The molecule has 4 rings (SSSR count). The van der Waals surface area contributed by atoms with E-state index in [2.05, 4.69) is 5.10 Å². The number of aromatic nitrogens is 2. The third kappa shape index (κ3) is 3.36. The van der Waals surface area contributed by atoms with E-state index in [1.54, 1.807) is 33.8 Å². The Morgan fingerprint density at radius 2 is 1.97 bits per heavy atom. The fourth-order valence-electron chi connectivity index (χ4n) is 4.02. The number of carbonyl (C=O) groups excluding carboxylic acids is 1. The van der Waals surface area contributed by atoms with E-state index < -0.39 is 17.2 Å². The van der Waals surface area contributed by atoms with Gasteiger partial charge in [0, 0.05) is 38.0 Å². The van der Waals surface area contributed by atoms with Gasteiger partial charge in [-0.15, -0.1) is 0 Å². The molecule has 154 valence electrons. The number of amides is 2. The minimum Gasteiger partial charge on any atom is -0.323 e. The second-order valence-corrected chi connectivity index (χ2v) is 7.43. The molecule has 0 aliphatic carbocycles. The summed E-state index contributed by atoms with van der Waals surface area (Å²) in [6.45, 7) is 0.626. The molecule has 2 heterocycles. The summed E-state index contributed by atoms with van der Waals surface area (Å²) in [5.41, 5.74) is 0.424. The molecular formula is C23H22F2N4O. The molecule has 2 amide bonds. The van der Waals surface area contributed by atoms with Crippen molar-refractivity contribution >= 4 is 6.03 Å². The number of aryl methyl sites for hydroxylation is 1. The molecule has 1 atom stereocenters. The van der Waals surface area contributed by atoms with Crippen molar-refractivity contribution in [3.05, 3.63) is 101 Å². The van der Waals surface area contributed by atoms with Crippen LogP contribution in [0.25, 0.3) is 0 Å². The van der Waals surface area contributed by atoms with Gasteiger partial charge in [0.2, 0.25) is 0 Å². The highest BCUT2D eigenvalue weighted by molar-refractivity contribution is 5.78. The Bertz CT molecular complexity index is 1100. The van der Waals surface area contributed by atoms with Crippen molar-refractivity contribution in [3.8, 4) is 0 Å². The summed E-state index contributed by atoms with van der Waals surface area (Å²) in [7, 11) is 3.49. The van der Waals surface area contributed by atoms with E-state index >= 15 is 0 Å². The van der Waals surface area contributed by atoms with E-state index in [1.807, 2.05) is 49.7 Å². The van der Waals surface area contributed by atoms with Gasteiger partial charge in [-0.2, -0.15) is 5.10 Å². The van der Waals surface area contributed by atoms with E-state index in [0.717, 1.165) is 17.7 Å². The van der Waals surface area contributed by atoms with E-state index in [0.29, 0.717) is 12.1 Å². The molecule has 0 fully saturated rings. The van der Waals surface area contributed by atoms with Gasteiger partial charge in [0.25, 0.3) is 0 Å². The summed E-state index contributed by atoms with van der Waals surface area (Å²) in [5, 5.41) is 4.13. The number of urea groups is 1. The van der Waals surface area contributed by atoms with Crippen LogP contribution >= 0.6 is 0 Å². The van der Waals surface area contributed by atoms with Gasteiger partial charge in [-0.3, -0.25) is 4.68 Å². The molecule has 1 aromatic heterocycles. The molecule has 1 unspecified atom stereocenters. The highest BCUT2D eigenvalue weighted by Crippen LogP contribution is 2.42. The third-order valence-corrected chi connectivity index (χ3v) is 5.36. The van der Waals surface area contributed by atoms with Crippen LogP contribution in [0, 0.1) is 11.6 Å². The van der Waals surface area contributed by atoms with Crippen LogP contribution in [0.4, 0.5) is 13.6 Å². The van der Waals surface area contributed by atoms with Gasteiger partial charge < -0.3 is 9.80 Å². The Balaban J connectivity index is 1.78. The van der Waals surface area contributed by atoms with Gasteiger partial charge in [0.05, 0.1) is 12.7 Å². The van der Waals surface area contributed by atoms with Crippen LogP contribution < -0.4 is 0 Å². The smallest absolute Gasteiger partial charge is 0.321 e. The molecule has 0 spiro atoms. The monoisotopic (exact) mass is 408 g/mol. The minimum absolute atomic E-state index is 0.102. The first-order chi connectivity index (χ1) is 14.4. The van der Waals surface area contributed by atoms with Gasteiger partial charge >= 0.3 is 6.03 Å². The Hall–Kier alpha value is -3.48. The standard InChI is InChI=1S/C23H22F2N4O/c1-27(15-17-14-26-28(2)16-17)22(30)29-12-6-11-23(29,18-7-4-3-5-8-18)20-13-19(24)9-10-21(20)25/h3-11,13-14,16H,12,15H2,1-2H3. The zero-order valence-corrected chi connectivity index (χ0v) is 16.8. The molecule has 0 bridgehead atoms. The number of benzene rings is 2. The SMILES string of the molecule is CN(Cc1cnn(C)c1)C(=O)N1CC=CC1(c1ccccc1)c1cc(F)ccc1F. The third-order valence-electron chi connectivity index (χ3n) is 5.36. The number of carbonyl (C=O) groups is 1. The predicted molar refractivity (Wildman–Crippen MR) is 109 cm³/mol. The van der Waals surface area contributed by atoms with Crippen molar-refractivity contribution in [2.75, 3.05) is 13.6 Å². The first kappa shape index (κ1) is 19.8. The van der Waals surface area contributed by atoms with Gasteiger partial charge in [0.15, 0.2) is 0 Å². The van der Waals surface area contributed by atoms with Crippen molar-refractivity contribution in [1.82, 2.24) is 19.6 Å². The summed E-state index contributed by atoms with van der Waals surface area (Å²) in [6.07, 6.45) is 7.12. The largest absolute Gasteiger partial charge is 0.323 e. The molecule has 7 heteroatoms. The molecular weight excluding hydrogens is 386 g/mol. The highest BCUT2D eigenvalue weighted by Gasteiger charge is 2.46. The van der Waals surface area contributed by atoms with Crippen molar-refractivity contribution in [3.63, 3.8) is 0 Å². The van der Waals surface area contributed by atoms with Crippen LogP contribution in [0.1, 0.15) is 16.7 Å². The van der Waals surface area contributed by atoms with Gasteiger partial charge in [-0.1, -0.05) is 42.5 Å². The summed E-state index contributed by atoms with van der Waals surface area (Å²) >= 11 is 0. The first-order valence-corrected chi connectivity index (χ1v) is 9.61. The Morgan fingerprint density at radius 1 is 1.20 bits per heavy atom. The van der Waals surface area contributed by atoms with Crippen LogP contribution in [0.3, 0.4) is 0 Å². The van der Waals surface area contributed by atoms with E-state index in [1.165, 1.54) is 6.07 Å². The molecule has 0 N–H and O–H groups in total. The average Bonchev–Trinajstić information content (AvgIpc) is 3.36. The van der Waals surface area contributed by atoms with Gasteiger partial charge in [0.1, 0.15) is 17.2 Å². The van der Waals surface area contributed by atoms with Crippen LogP contribution in [0.15, 0.2) is 73.1 Å². The average molecular weight is 408 g/mol. The highest BCUT2D eigenvalue weighted by atomic mass is 19.1. The van der Waals surface area contributed by atoms with Crippen molar-refractivity contribution in [2.24, 2.45) is 7.05 Å². The van der Waals surface area contributed by atoms with Crippen LogP contribution in [0.5, 0.6) is 0 Å². The number of rotatable bonds is 4. The number of halogens is 2. The topological polar surface area (TPSA) is 41.4 Å². The maximum atomic E-state index is 15.0. The summed E-state index contributed by atoms with van der Waals surface area (Å²) in [6, 6.07) is 12.2. The molecule has 30 heavy (non-hydrogen) atoms. The second kappa shape index (κ2) is 7.74. The summed E-state index contributed by atoms with van der Waals surface area (Å²) in [5.74, 6) is -1.13. The molecule has 1 aliphatic rings. The maximum absolute atomic E-state index is 15.0. The summed E-state index contributed by atoms with van der Waals surface area (Å²) in [4.78, 5) is 16.6. The van der Waals surface area contributed by atoms with Crippen LogP contribution in [0.2, 0.25) is 0 Å². The normalized spacial score (nSPS) is 18.1. The molecule has 5 nitrogen and oxygen atoms in total. The lowest BCUT2D eigenvalue weighted by atomic mass is 9.82. The predicted octanol–water partition coefficient (Wildman–Crippen LogP) is 4.07. The van der Waals surface area contributed by atoms with Crippen LogP contribution in [-0.4, -0.2) is 39.2 Å². The van der Waals surface area contributed by atoms with Crippen molar-refractivity contribution in [2.45, 2.75) is 12.1 Å². The Labute approximate surface area is 173 Å². The fourth-order valence-corrected chi connectivity index (χ4v) is 4.02. The molecule has 0 radical (unpaired) electrons. The second-order valence-electron chi connectivity index (χ2n) is 7.43. The zero-order chi connectivity index (χ0) is 21.3. The number of hydrogen-bond donors (Lipinski definition) is 0. The molecule has 2 aromatic carbocycles. The zero-order valence-electron chi connectivity index (χ0n) is 16.8. The maximum Gasteiger partial charge on any atom is 0.321 e. The Kier molecular flexibility index (Phi) is 5.11. The molecule has 1 aliphatic heterocycles. The van der Waals surface area contributed by atoms with E-state index in [-0.39, 0.29) is 18.1 Å². The van der Waals surface area contributed by atoms with Crippen LogP contribution in [-0.2, 0) is 19.1 Å². The molecule has 0 saturated carbocycles. The lowest BCUT2D eigenvalue weighted by molar-refractivity contribution is 0.139. The lowest BCUT2D eigenvalue weighted by Gasteiger charge is -2.41. The first-order valence-electron chi connectivity index (χ1n) is 9.61. The van der Waals surface area contributed by atoms with Gasteiger partial charge in [-0.25, -0.2) is 13.6 Å². The van der Waals surface area contributed by atoms with Crippen molar-refractivity contribution in [1.29, 1.82) is 0 Å². The van der Waals surface area contributed by atoms with E-state index in [9.17, 15) is 13.6 Å². The number of nitrogens with zero attached hydrogens (tertiary/aromatic N) is 4. The number of hydrogen-bond acceptors (Lipinski definition) is 2. The van der Waals surface area contributed by atoms with Crippen molar-refractivity contribution < 1.29 is 13.6 Å².